The number of anilines is 1. The molecule has 2 aliphatic rings. The third kappa shape index (κ3) is 4.94. The summed E-state index contributed by atoms with van der Waals surface area (Å²) in [6.07, 6.45) is 1.69. The number of amides is 1. The molecular weight excluding hydrogens is 496 g/mol. The Balaban J connectivity index is 0.00000320. The van der Waals surface area contributed by atoms with Crippen LogP contribution in [0.2, 0.25) is 0 Å². The second-order valence-corrected chi connectivity index (χ2v) is 10.2. The number of aliphatic hydroxyl groups is 1. The molecule has 5 rings (SSSR count). The van der Waals surface area contributed by atoms with Gasteiger partial charge in [0, 0.05) is 56.2 Å². The molecular formula is C29H32ClF2N3O2. The Hall–Kier alpha value is -3.03. The van der Waals surface area contributed by atoms with Crippen molar-refractivity contribution in [3.63, 3.8) is 0 Å². The van der Waals surface area contributed by atoms with Crippen LogP contribution in [-0.4, -0.2) is 47.1 Å². The Morgan fingerprint density at radius 1 is 0.946 bits per heavy atom. The fourth-order valence-electron chi connectivity index (χ4n) is 6.09. The minimum absolute atomic E-state index is 0. The molecule has 4 atom stereocenters. The molecule has 8 heteroatoms. The normalized spacial score (nSPS) is 27.6. The number of piperidine rings is 1. The highest BCUT2D eigenvalue weighted by Gasteiger charge is 2.49. The summed E-state index contributed by atoms with van der Waals surface area (Å²) in [5.74, 6) is -1.98. The number of pyridine rings is 1. The number of carbonyl (C=O) groups excluding carboxylic acids is 1. The van der Waals surface area contributed by atoms with Crippen LogP contribution in [0.15, 0.2) is 72.9 Å². The number of hydrogen-bond donors (Lipinski definition) is 1. The molecule has 2 saturated heterocycles. The molecule has 1 aromatic heterocycles. The van der Waals surface area contributed by atoms with E-state index in [0.717, 1.165) is 17.4 Å². The first-order valence-corrected chi connectivity index (χ1v) is 12.5. The number of likely N-dealkylation sites (tertiary alicyclic amines) is 1. The summed E-state index contributed by atoms with van der Waals surface area (Å²) >= 11 is 0. The molecule has 2 aliphatic heterocycles. The first-order valence-electron chi connectivity index (χ1n) is 12.5. The van der Waals surface area contributed by atoms with Gasteiger partial charge in [0.25, 0.3) is 0 Å². The lowest BCUT2D eigenvalue weighted by atomic mass is 9.70. The van der Waals surface area contributed by atoms with Gasteiger partial charge in [0.1, 0.15) is 17.5 Å². The van der Waals surface area contributed by atoms with Crippen LogP contribution >= 0.6 is 12.4 Å². The zero-order chi connectivity index (χ0) is 25.4. The van der Waals surface area contributed by atoms with Crippen LogP contribution in [0, 0.1) is 29.4 Å². The molecule has 0 radical (unpaired) electrons. The van der Waals surface area contributed by atoms with Crippen molar-refractivity contribution in [1.82, 2.24) is 9.88 Å². The summed E-state index contributed by atoms with van der Waals surface area (Å²) in [5.41, 5.74) is 0.147. The van der Waals surface area contributed by atoms with Gasteiger partial charge in [-0.1, -0.05) is 56.3 Å². The predicted molar refractivity (Wildman–Crippen MR) is 142 cm³/mol. The molecule has 0 saturated carbocycles. The molecule has 3 heterocycles. The lowest BCUT2D eigenvalue weighted by Crippen LogP contribution is -2.57. The number of hydrogen-bond acceptors (Lipinski definition) is 4. The van der Waals surface area contributed by atoms with Crippen molar-refractivity contribution >= 4 is 24.1 Å². The molecule has 3 aromatic rings. The fraction of sp³-hybridized carbons (Fsp3) is 0.379. The van der Waals surface area contributed by atoms with Gasteiger partial charge >= 0.3 is 0 Å². The van der Waals surface area contributed by atoms with Crippen LogP contribution in [0.3, 0.4) is 0 Å². The summed E-state index contributed by atoms with van der Waals surface area (Å²) in [5, 5.41) is 11.7. The van der Waals surface area contributed by atoms with Crippen LogP contribution < -0.4 is 4.90 Å². The van der Waals surface area contributed by atoms with E-state index in [4.69, 9.17) is 0 Å². The maximum absolute atomic E-state index is 14.9. The van der Waals surface area contributed by atoms with Crippen molar-refractivity contribution in [2.75, 3.05) is 31.1 Å². The van der Waals surface area contributed by atoms with E-state index in [9.17, 15) is 18.7 Å². The lowest BCUT2D eigenvalue weighted by Gasteiger charge is -2.48. The van der Waals surface area contributed by atoms with Gasteiger partial charge in [0.2, 0.25) is 5.91 Å². The van der Waals surface area contributed by atoms with Crippen LogP contribution in [0.1, 0.15) is 30.9 Å². The van der Waals surface area contributed by atoms with Crippen LogP contribution in [0.25, 0.3) is 0 Å². The van der Waals surface area contributed by atoms with Gasteiger partial charge in [0.15, 0.2) is 0 Å². The zero-order valence-electron chi connectivity index (χ0n) is 20.9. The van der Waals surface area contributed by atoms with E-state index in [-0.39, 0.29) is 30.2 Å². The number of nitrogens with zero attached hydrogens (tertiary/aromatic N) is 3. The smallest absolute Gasteiger partial charge is 0.228 e. The average Bonchev–Trinajstić information content (AvgIpc) is 3.32. The summed E-state index contributed by atoms with van der Waals surface area (Å²) in [6, 6.07) is 18.8. The first kappa shape index (κ1) is 27.0. The monoisotopic (exact) mass is 527 g/mol. The van der Waals surface area contributed by atoms with Crippen molar-refractivity contribution in [2.24, 2.45) is 17.8 Å². The molecule has 0 aliphatic carbocycles. The maximum Gasteiger partial charge on any atom is 0.228 e. The van der Waals surface area contributed by atoms with E-state index in [1.165, 1.54) is 12.1 Å². The highest BCUT2D eigenvalue weighted by molar-refractivity contribution is 5.85. The number of benzene rings is 2. The van der Waals surface area contributed by atoms with E-state index < -0.39 is 29.1 Å². The largest absolute Gasteiger partial charge is 0.384 e. The topological polar surface area (TPSA) is 56.7 Å². The molecule has 2 unspecified atom stereocenters. The molecule has 0 bridgehead atoms. The Labute approximate surface area is 222 Å². The number of rotatable bonds is 4. The van der Waals surface area contributed by atoms with E-state index in [2.05, 4.69) is 4.98 Å². The molecule has 196 valence electrons. The zero-order valence-corrected chi connectivity index (χ0v) is 21.7. The van der Waals surface area contributed by atoms with Crippen LogP contribution in [-0.2, 0) is 10.4 Å². The van der Waals surface area contributed by atoms with E-state index in [1.54, 1.807) is 6.20 Å². The molecule has 1 N–H and O–H groups in total. The van der Waals surface area contributed by atoms with Gasteiger partial charge < -0.3 is 14.9 Å². The summed E-state index contributed by atoms with van der Waals surface area (Å²) in [7, 11) is 0. The van der Waals surface area contributed by atoms with Crippen molar-refractivity contribution in [3.05, 3.63) is 95.7 Å². The lowest BCUT2D eigenvalue weighted by molar-refractivity contribution is -0.152. The van der Waals surface area contributed by atoms with Gasteiger partial charge in [-0.25, -0.2) is 13.8 Å². The third-order valence-electron chi connectivity index (χ3n) is 8.01. The van der Waals surface area contributed by atoms with Crippen molar-refractivity contribution in [3.8, 4) is 0 Å². The molecule has 2 fully saturated rings. The Morgan fingerprint density at radius 3 is 2.24 bits per heavy atom. The van der Waals surface area contributed by atoms with Gasteiger partial charge in [-0.15, -0.1) is 12.4 Å². The minimum Gasteiger partial charge on any atom is -0.384 e. The number of aromatic nitrogens is 1. The molecule has 37 heavy (non-hydrogen) atoms. The molecule has 5 nitrogen and oxygen atoms in total. The van der Waals surface area contributed by atoms with Gasteiger partial charge in [-0.3, -0.25) is 4.79 Å². The molecule has 0 spiro atoms. The van der Waals surface area contributed by atoms with Crippen molar-refractivity contribution < 1.29 is 18.7 Å². The predicted octanol–water partition coefficient (Wildman–Crippen LogP) is 5.00. The van der Waals surface area contributed by atoms with Crippen molar-refractivity contribution in [2.45, 2.75) is 25.4 Å². The molecule has 1 amide bonds. The fourth-order valence-corrected chi connectivity index (χ4v) is 6.09. The quantitative estimate of drug-likeness (QED) is 0.518. The summed E-state index contributed by atoms with van der Waals surface area (Å²) in [6.45, 7) is 5.52. The SMILES string of the molecule is CC1CN(C(=O)[C@@H]2CN(c3ccccn3)C[C@H]2c2ccc(F)cc2F)CC(C)C1(O)c1ccccc1.Cl. The highest BCUT2D eigenvalue weighted by atomic mass is 35.5. The van der Waals surface area contributed by atoms with Crippen LogP contribution in [0.5, 0.6) is 0 Å². The standard InChI is InChI=1S/C29H31F2N3O2.ClH/c1-19-15-34(16-20(2)29(19,36)21-8-4-3-5-9-21)28(35)25-18-33(27-10-6-7-13-32-27)17-24(25)23-12-11-22(30)14-26(23)31;/h3-14,19-20,24-25,36H,15-18H2,1-2H3;1H/t19?,20?,24-,25+,29?;/m0./s1. The second kappa shape index (κ2) is 10.8. The Bertz CT molecular complexity index is 1220. The van der Waals surface area contributed by atoms with Gasteiger partial charge in [-0.2, -0.15) is 0 Å². The highest BCUT2D eigenvalue weighted by Crippen LogP contribution is 2.43. The van der Waals surface area contributed by atoms with E-state index in [0.29, 0.717) is 31.7 Å². The third-order valence-corrected chi connectivity index (χ3v) is 8.01. The van der Waals surface area contributed by atoms with Crippen LogP contribution in [0.4, 0.5) is 14.6 Å². The summed E-state index contributed by atoms with van der Waals surface area (Å²) in [4.78, 5) is 22.2. The molecule has 2 aromatic carbocycles. The van der Waals surface area contributed by atoms with Crippen molar-refractivity contribution in [1.29, 1.82) is 0 Å². The maximum atomic E-state index is 14.9. The number of carbonyl (C=O) groups is 1. The Morgan fingerprint density at radius 2 is 1.62 bits per heavy atom. The number of halogens is 3. The van der Waals surface area contributed by atoms with Gasteiger partial charge in [-0.05, 0) is 29.3 Å². The average molecular weight is 528 g/mol. The van der Waals surface area contributed by atoms with E-state index in [1.807, 2.05) is 72.2 Å². The Kier molecular flexibility index (Phi) is 7.85. The van der Waals surface area contributed by atoms with E-state index >= 15 is 0 Å². The van der Waals surface area contributed by atoms with Gasteiger partial charge in [0.05, 0.1) is 11.5 Å². The minimum atomic E-state index is -1.05. The summed E-state index contributed by atoms with van der Waals surface area (Å²) < 4.78 is 28.6. The second-order valence-electron chi connectivity index (χ2n) is 10.2. The first-order chi connectivity index (χ1) is 17.3.